The second-order valence-electron chi connectivity index (χ2n) is 10.7. The average Bonchev–Trinajstić information content (AvgIpc) is 3.43. The van der Waals surface area contributed by atoms with Gasteiger partial charge in [0.05, 0.1) is 29.2 Å². The molecular formula is C31H32F2N6O. The molecule has 0 atom stereocenters. The summed E-state index contributed by atoms with van der Waals surface area (Å²) < 4.78 is 31.6. The molecule has 2 fully saturated rings. The van der Waals surface area contributed by atoms with Crippen LogP contribution in [0, 0.1) is 11.3 Å². The molecule has 7 nitrogen and oxygen atoms in total. The van der Waals surface area contributed by atoms with E-state index < -0.39 is 6.43 Å². The highest BCUT2D eigenvalue weighted by atomic mass is 19.3. The van der Waals surface area contributed by atoms with E-state index >= 15 is 0 Å². The summed E-state index contributed by atoms with van der Waals surface area (Å²) in [5.41, 5.74) is 6.82. The first-order chi connectivity index (χ1) is 19.6. The first-order valence-electron chi connectivity index (χ1n) is 14.0. The van der Waals surface area contributed by atoms with Gasteiger partial charge in [-0.05, 0) is 87.1 Å². The van der Waals surface area contributed by atoms with Gasteiger partial charge >= 0.3 is 0 Å². The van der Waals surface area contributed by atoms with Crippen LogP contribution in [-0.4, -0.2) is 65.8 Å². The monoisotopic (exact) mass is 542 g/mol. The number of nitrogens with one attached hydrogen (secondary N) is 1. The van der Waals surface area contributed by atoms with Crippen molar-refractivity contribution in [3.05, 3.63) is 71.2 Å². The first kappa shape index (κ1) is 26.5. The lowest BCUT2D eigenvalue weighted by Gasteiger charge is -2.31. The topological polar surface area (TPSA) is 86.4 Å². The van der Waals surface area contributed by atoms with Crippen LogP contribution < -0.4 is 10.1 Å². The number of aliphatic imine (C=N–C) groups is 1. The Labute approximate surface area is 232 Å². The summed E-state index contributed by atoms with van der Waals surface area (Å²) in [4.78, 5) is 15.8. The zero-order chi connectivity index (χ0) is 27.5. The Kier molecular flexibility index (Phi) is 7.80. The molecule has 0 spiro atoms. The van der Waals surface area contributed by atoms with E-state index in [9.17, 15) is 14.0 Å². The van der Waals surface area contributed by atoms with E-state index in [1.807, 2.05) is 23.1 Å². The van der Waals surface area contributed by atoms with Crippen molar-refractivity contribution in [3.8, 4) is 23.1 Å². The lowest BCUT2D eigenvalue weighted by atomic mass is 9.88. The molecule has 0 aliphatic carbocycles. The van der Waals surface area contributed by atoms with Gasteiger partial charge in [0.15, 0.2) is 0 Å². The lowest BCUT2D eigenvalue weighted by Crippen LogP contribution is -2.36. The Hall–Kier alpha value is -3.74. The van der Waals surface area contributed by atoms with Crippen LogP contribution in [-0.2, 0) is 6.42 Å². The van der Waals surface area contributed by atoms with Crippen LogP contribution in [0.2, 0.25) is 0 Å². The van der Waals surface area contributed by atoms with E-state index in [1.54, 1.807) is 6.33 Å². The number of piperidine rings is 2. The van der Waals surface area contributed by atoms with Crippen LogP contribution in [0.25, 0.3) is 11.3 Å². The Bertz CT molecular complexity index is 1420. The van der Waals surface area contributed by atoms with Crippen LogP contribution in [0.5, 0.6) is 5.75 Å². The van der Waals surface area contributed by atoms with Crippen molar-refractivity contribution < 1.29 is 13.5 Å². The quantitative estimate of drug-likeness (QED) is 0.438. The van der Waals surface area contributed by atoms with Crippen LogP contribution >= 0.6 is 0 Å². The van der Waals surface area contributed by atoms with Crippen molar-refractivity contribution in [1.29, 1.82) is 5.26 Å². The van der Waals surface area contributed by atoms with Crippen LogP contribution in [0.1, 0.15) is 54.0 Å². The summed E-state index contributed by atoms with van der Waals surface area (Å²) >= 11 is 0. The summed E-state index contributed by atoms with van der Waals surface area (Å²) in [5.74, 6) is 0.993. The molecule has 4 heterocycles. The lowest BCUT2D eigenvalue weighted by molar-refractivity contribution is 0.0754. The Morgan fingerprint density at radius 3 is 2.48 bits per heavy atom. The van der Waals surface area contributed by atoms with E-state index in [1.165, 1.54) is 5.56 Å². The predicted molar refractivity (Wildman–Crippen MR) is 149 cm³/mol. The van der Waals surface area contributed by atoms with E-state index in [-0.39, 0.29) is 12.6 Å². The smallest absolute Gasteiger partial charge is 0.251 e. The Morgan fingerprint density at radius 1 is 1.00 bits per heavy atom. The molecule has 1 aromatic heterocycles. The number of benzene rings is 2. The Morgan fingerprint density at radius 2 is 1.75 bits per heavy atom. The maximum atomic E-state index is 12.7. The summed E-state index contributed by atoms with van der Waals surface area (Å²) in [6.45, 7) is 3.12. The molecule has 40 heavy (non-hydrogen) atoms. The zero-order valence-corrected chi connectivity index (χ0v) is 22.3. The second-order valence-corrected chi connectivity index (χ2v) is 10.7. The fourth-order valence-corrected chi connectivity index (χ4v) is 5.93. The van der Waals surface area contributed by atoms with E-state index in [0.717, 1.165) is 67.0 Å². The number of likely N-dealkylation sites (tertiary alicyclic amines) is 1. The number of aromatic nitrogens is 2. The molecule has 0 unspecified atom stereocenters. The normalized spacial score (nSPS) is 18.4. The molecule has 1 N–H and O–H groups in total. The fourth-order valence-electron chi connectivity index (χ4n) is 5.93. The maximum Gasteiger partial charge on any atom is 0.251 e. The molecule has 2 saturated heterocycles. The maximum absolute atomic E-state index is 12.7. The molecule has 0 amide bonds. The summed E-state index contributed by atoms with van der Waals surface area (Å²) in [5, 5.41) is 13.2. The first-order valence-corrected chi connectivity index (χ1v) is 14.0. The SMILES string of the molecule is N#Cc1cc(-c2ncnc3c2N=C(c2ccc(C4CCN(CC(F)F)CC4)cc2)C3)ccc1OC1CCNCC1. The van der Waals surface area contributed by atoms with Crippen molar-refractivity contribution in [2.75, 3.05) is 32.7 Å². The minimum atomic E-state index is -2.27. The number of nitriles is 1. The van der Waals surface area contributed by atoms with Crippen molar-refractivity contribution in [2.45, 2.75) is 50.6 Å². The molecule has 6 rings (SSSR count). The molecule has 206 valence electrons. The summed E-state index contributed by atoms with van der Waals surface area (Å²) in [6, 6.07) is 16.4. The zero-order valence-electron chi connectivity index (χ0n) is 22.3. The highest BCUT2D eigenvalue weighted by molar-refractivity contribution is 6.07. The number of hydrogen-bond donors (Lipinski definition) is 1. The van der Waals surface area contributed by atoms with Gasteiger partial charge in [-0.1, -0.05) is 24.3 Å². The van der Waals surface area contributed by atoms with Gasteiger partial charge in [0.25, 0.3) is 6.43 Å². The minimum absolute atomic E-state index is 0.110. The molecule has 3 aliphatic rings. The molecule has 3 aliphatic heterocycles. The van der Waals surface area contributed by atoms with Gasteiger partial charge in [0, 0.05) is 12.0 Å². The van der Waals surface area contributed by atoms with Gasteiger partial charge in [-0.25, -0.2) is 23.7 Å². The molecule has 0 bridgehead atoms. The van der Waals surface area contributed by atoms with Crippen molar-refractivity contribution in [2.24, 2.45) is 4.99 Å². The Balaban J connectivity index is 1.18. The third-order valence-electron chi connectivity index (χ3n) is 8.13. The molecule has 3 aromatic rings. The van der Waals surface area contributed by atoms with E-state index in [2.05, 4.69) is 45.6 Å². The molecule has 0 radical (unpaired) electrons. The number of hydrogen-bond acceptors (Lipinski definition) is 7. The summed E-state index contributed by atoms with van der Waals surface area (Å²) in [6.07, 6.45) is 3.63. The van der Waals surface area contributed by atoms with Crippen LogP contribution in [0.15, 0.2) is 53.8 Å². The number of alkyl halides is 2. The van der Waals surface area contributed by atoms with E-state index in [4.69, 9.17) is 9.73 Å². The second kappa shape index (κ2) is 11.8. The van der Waals surface area contributed by atoms with Gasteiger partial charge in [0.1, 0.15) is 29.9 Å². The van der Waals surface area contributed by atoms with Gasteiger partial charge in [-0.2, -0.15) is 5.26 Å². The number of fused-ring (bicyclic) bond motifs is 1. The predicted octanol–water partition coefficient (Wildman–Crippen LogP) is 5.27. The number of nitrogens with zero attached hydrogens (tertiary/aromatic N) is 5. The average molecular weight is 543 g/mol. The number of ether oxygens (including phenoxy) is 1. The van der Waals surface area contributed by atoms with Crippen molar-refractivity contribution in [3.63, 3.8) is 0 Å². The van der Waals surface area contributed by atoms with E-state index in [0.29, 0.717) is 42.4 Å². The fraction of sp³-hybridized carbons (Fsp3) is 0.419. The van der Waals surface area contributed by atoms with Gasteiger partial charge in [0.2, 0.25) is 0 Å². The number of halogens is 2. The largest absolute Gasteiger partial charge is 0.489 e. The van der Waals surface area contributed by atoms with Gasteiger partial charge in [-0.15, -0.1) is 0 Å². The third kappa shape index (κ3) is 5.74. The molecular weight excluding hydrogens is 510 g/mol. The molecule has 2 aromatic carbocycles. The third-order valence-corrected chi connectivity index (χ3v) is 8.13. The molecule has 0 saturated carbocycles. The van der Waals surface area contributed by atoms with Crippen LogP contribution in [0.3, 0.4) is 0 Å². The summed E-state index contributed by atoms with van der Waals surface area (Å²) in [7, 11) is 0. The van der Waals surface area contributed by atoms with Gasteiger partial charge < -0.3 is 10.1 Å². The number of rotatable bonds is 7. The standard InChI is InChI=1S/C31H32F2N6O/c32-29(33)18-39-13-9-21(10-14-39)20-1-3-22(4-2-20)26-16-27-31(38-26)30(37-19-36-27)23-5-6-28(24(15-23)17-34)40-25-7-11-35-12-8-25/h1-6,15,19,21,25,29,35H,7-14,16,18H2. The van der Waals surface area contributed by atoms with Crippen LogP contribution in [0.4, 0.5) is 14.5 Å². The molecule has 9 heteroatoms. The van der Waals surface area contributed by atoms with Gasteiger partial charge in [-0.3, -0.25) is 4.90 Å². The minimum Gasteiger partial charge on any atom is -0.489 e. The highest BCUT2D eigenvalue weighted by Gasteiger charge is 2.25. The van der Waals surface area contributed by atoms with Crippen molar-refractivity contribution >= 4 is 11.4 Å². The highest BCUT2D eigenvalue weighted by Crippen LogP contribution is 2.38. The van der Waals surface area contributed by atoms with Crippen molar-refractivity contribution in [1.82, 2.24) is 20.2 Å².